The number of aliphatic hydroxyl groups is 1. The molecule has 2 heterocycles. The Morgan fingerprint density at radius 3 is 3.00 bits per heavy atom. The molecule has 4 heteroatoms. The van der Waals surface area contributed by atoms with Crippen LogP contribution in [0.5, 0.6) is 0 Å². The van der Waals surface area contributed by atoms with Crippen molar-refractivity contribution in [2.24, 2.45) is 0 Å². The molecule has 0 spiro atoms. The molecule has 68 valence electrons. The van der Waals surface area contributed by atoms with Gasteiger partial charge >= 0.3 is 0 Å². The molecule has 13 heavy (non-hydrogen) atoms. The minimum absolute atomic E-state index is 0.539. The van der Waals surface area contributed by atoms with E-state index in [0.717, 1.165) is 11.2 Å². The van der Waals surface area contributed by atoms with Gasteiger partial charge in [0.05, 0.1) is 29.2 Å². The van der Waals surface area contributed by atoms with Gasteiger partial charge in [-0.15, -0.1) is 0 Å². The quantitative estimate of drug-likeness (QED) is 0.682. The Kier molecular flexibility index (Phi) is 1.70. The Morgan fingerprint density at radius 1 is 1.54 bits per heavy atom. The van der Waals surface area contributed by atoms with Gasteiger partial charge in [-0.05, 0) is 19.1 Å². The molecule has 0 saturated carbocycles. The van der Waals surface area contributed by atoms with E-state index >= 15 is 0 Å². The van der Waals surface area contributed by atoms with Crippen LogP contribution in [-0.2, 0) is 0 Å². The lowest BCUT2D eigenvalue weighted by Gasteiger charge is -2.06. The van der Waals surface area contributed by atoms with Crippen molar-refractivity contribution >= 4 is 11.2 Å². The summed E-state index contributed by atoms with van der Waals surface area (Å²) in [4.78, 5) is 0. The highest BCUT2D eigenvalue weighted by atomic mass is 16.3. The van der Waals surface area contributed by atoms with Crippen LogP contribution in [-0.4, -0.2) is 14.7 Å². The summed E-state index contributed by atoms with van der Waals surface area (Å²) in [6, 6.07) is 5.55. The van der Waals surface area contributed by atoms with E-state index in [1.165, 1.54) is 0 Å². The summed E-state index contributed by atoms with van der Waals surface area (Å²) in [6.07, 6.45) is 1.05. The zero-order valence-corrected chi connectivity index (χ0v) is 7.31. The van der Waals surface area contributed by atoms with Crippen molar-refractivity contribution in [2.45, 2.75) is 13.0 Å². The van der Waals surface area contributed by atoms with Crippen LogP contribution >= 0.6 is 0 Å². The fourth-order valence-electron chi connectivity index (χ4n) is 1.37. The van der Waals surface area contributed by atoms with Gasteiger partial charge in [0.15, 0.2) is 0 Å². The lowest BCUT2D eigenvalue weighted by Crippen LogP contribution is -2.01. The van der Waals surface area contributed by atoms with Crippen molar-refractivity contribution in [3.8, 4) is 0 Å². The molecule has 0 radical (unpaired) electrons. The highest BCUT2D eigenvalue weighted by Gasteiger charge is 2.07. The Morgan fingerprint density at radius 2 is 2.31 bits per heavy atom. The van der Waals surface area contributed by atoms with Gasteiger partial charge in [-0.25, -0.2) is 4.52 Å². The first-order chi connectivity index (χ1) is 6.20. The number of hydrogen-bond donors (Lipinski definition) is 2. The zero-order chi connectivity index (χ0) is 9.42. The van der Waals surface area contributed by atoms with E-state index < -0.39 is 6.10 Å². The second-order valence-corrected chi connectivity index (χ2v) is 3.02. The van der Waals surface area contributed by atoms with Crippen LogP contribution in [0.4, 0.5) is 5.69 Å². The van der Waals surface area contributed by atoms with Crippen molar-refractivity contribution < 1.29 is 5.11 Å². The summed E-state index contributed by atoms with van der Waals surface area (Å²) in [7, 11) is 0. The molecule has 0 amide bonds. The van der Waals surface area contributed by atoms with Gasteiger partial charge in [0, 0.05) is 0 Å². The number of anilines is 1. The summed E-state index contributed by atoms with van der Waals surface area (Å²) in [6.45, 7) is 1.70. The number of nitrogens with two attached hydrogens (primary N) is 1. The third kappa shape index (κ3) is 1.15. The number of hydrogen-bond acceptors (Lipinski definition) is 3. The molecular formula is C9H11N3O. The molecule has 0 aliphatic heterocycles. The fraction of sp³-hybridized carbons (Fsp3) is 0.222. The van der Waals surface area contributed by atoms with Crippen molar-refractivity contribution in [2.75, 3.05) is 5.73 Å². The molecule has 0 aliphatic rings. The van der Waals surface area contributed by atoms with Gasteiger partial charge in [0.1, 0.15) is 0 Å². The number of aliphatic hydroxyl groups excluding tert-OH is 1. The van der Waals surface area contributed by atoms with E-state index in [1.54, 1.807) is 17.6 Å². The molecule has 1 unspecified atom stereocenters. The van der Waals surface area contributed by atoms with Gasteiger partial charge in [-0.1, -0.05) is 6.07 Å². The Balaban J connectivity index is 2.77. The maximum absolute atomic E-state index is 9.43. The molecular weight excluding hydrogens is 166 g/mol. The van der Waals surface area contributed by atoms with E-state index in [1.807, 2.05) is 18.2 Å². The number of nitrogen functional groups attached to an aromatic ring is 1. The smallest absolute Gasteiger partial charge is 0.0932 e. The summed E-state index contributed by atoms with van der Waals surface area (Å²) in [5, 5.41) is 13.5. The second-order valence-electron chi connectivity index (χ2n) is 3.02. The minimum Gasteiger partial charge on any atom is -0.396 e. The number of rotatable bonds is 1. The average Bonchev–Trinajstić information content (AvgIpc) is 2.48. The zero-order valence-electron chi connectivity index (χ0n) is 7.31. The van der Waals surface area contributed by atoms with Crippen LogP contribution in [0.15, 0.2) is 24.4 Å². The molecule has 0 aliphatic carbocycles. The molecule has 2 rings (SSSR count). The van der Waals surface area contributed by atoms with E-state index in [9.17, 15) is 5.11 Å². The van der Waals surface area contributed by atoms with Crippen LogP contribution in [0.25, 0.3) is 5.52 Å². The van der Waals surface area contributed by atoms with Crippen LogP contribution < -0.4 is 5.73 Å². The normalized spacial score (nSPS) is 13.4. The minimum atomic E-state index is -0.539. The Labute approximate surface area is 75.6 Å². The van der Waals surface area contributed by atoms with Crippen molar-refractivity contribution in [3.05, 3.63) is 30.1 Å². The molecule has 1 atom stereocenters. The predicted octanol–water partition coefficient (Wildman–Crippen LogP) is 0.970. The second kappa shape index (κ2) is 2.74. The van der Waals surface area contributed by atoms with Crippen molar-refractivity contribution in [1.82, 2.24) is 9.61 Å². The lowest BCUT2D eigenvalue weighted by molar-refractivity contribution is 0.191. The molecule has 3 N–H and O–H groups in total. The van der Waals surface area contributed by atoms with Gasteiger partial charge in [0.25, 0.3) is 0 Å². The van der Waals surface area contributed by atoms with E-state index in [0.29, 0.717) is 5.69 Å². The van der Waals surface area contributed by atoms with Crippen molar-refractivity contribution in [3.63, 3.8) is 0 Å². The van der Waals surface area contributed by atoms with Crippen LogP contribution in [0.2, 0.25) is 0 Å². The first-order valence-electron chi connectivity index (χ1n) is 4.10. The highest BCUT2D eigenvalue weighted by molar-refractivity contribution is 5.68. The number of aromatic nitrogens is 2. The lowest BCUT2D eigenvalue weighted by atomic mass is 10.2. The largest absolute Gasteiger partial charge is 0.396 e. The maximum atomic E-state index is 9.43. The topological polar surface area (TPSA) is 63.5 Å². The van der Waals surface area contributed by atoms with Gasteiger partial charge in [0.2, 0.25) is 0 Å². The fourth-order valence-corrected chi connectivity index (χ4v) is 1.37. The first kappa shape index (κ1) is 8.07. The van der Waals surface area contributed by atoms with Gasteiger partial charge in [-0.3, -0.25) is 0 Å². The summed E-state index contributed by atoms with van der Waals surface area (Å²) >= 11 is 0. The van der Waals surface area contributed by atoms with E-state index in [2.05, 4.69) is 5.10 Å². The number of nitrogens with zero attached hydrogens (tertiary/aromatic N) is 2. The SMILES string of the molecule is CC(O)c1cccc2c(N)cnn12. The third-order valence-electron chi connectivity index (χ3n) is 2.03. The Hall–Kier alpha value is -1.55. The first-order valence-corrected chi connectivity index (χ1v) is 4.10. The summed E-state index contributed by atoms with van der Waals surface area (Å²) in [5.74, 6) is 0. The monoisotopic (exact) mass is 177 g/mol. The van der Waals surface area contributed by atoms with Crippen LogP contribution in [0.1, 0.15) is 18.7 Å². The van der Waals surface area contributed by atoms with E-state index in [-0.39, 0.29) is 0 Å². The molecule has 2 aromatic heterocycles. The predicted molar refractivity (Wildman–Crippen MR) is 50.2 cm³/mol. The highest BCUT2D eigenvalue weighted by Crippen LogP contribution is 2.18. The van der Waals surface area contributed by atoms with Gasteiger partial charge in [-0.2, -0.15) is 5.10 Å². The Bertz CT molecular complexity index is 433. The molecule has 0 bridgehead atoms. The molecule has 0 fully saturated rings. The average molecular weight is 177 g/mol. The van der Waals surface area contributed by atoms with Crippen molar-refractivity contribution in [1.29, 1.82) is 0 Å². The molecule has 0 saturated heterocycles. The molecule has 0 aromatic carbocycles. The number of pyridine rings is 1. The summed E-state index contributed by atoms with van der Waals surface area (Å²) < 4.78 is 1.65. The van der Waals surface area contributed by atoms with Gasteiger partial charge < -0.3 is 10.8 Å². The third-order valence-corrected chi connectivity index (χ3v) is 2.03. The summed E-state index contributed by atoms with van der Waals surface area (Å²) in [5.41, 5.74) is 7.88. The molecule has 2 aromatic rings. The van der Waals surface area contributed by atoms with Crippen LogP contribution in [0, 0.1) is 0 Å². The standard InChI is InChI=1S/C9H11N3O/c1-6(13)8-3-2-4-9-7(10)5-11-12(8)9/h2-6,13H,10H2,1H3. The van der Waals surface area contributed by atoms with E-state index in [4.69, 9.17) is 5.73 Å². The van der Waals surface area contributed by atoms with Crippen LogP contribution in [0.3, 0.4) is 0 Å². The maximum Gasteiger partial charge on any atom is 0.0932 e. The number of fused-ring (bicyclic) bond motifs is 1. The molecule has 4 nitrogen and oxygen atoms in total.